The number of thiocarbonyl (C=S) groups is 1. The number of nitrogens with one attached hydrogen (secondary N) is 2. The molecule has 4 nitrogen and oxygen atoms in total. The molecule has 1 aromatic rings. The van der Waals surface area contributed by atoms with E-state index in [9.17, 15) is 4.79 Å². The van der Waals surface area contributed by atoms with Crippen LogP contribution in [0.3, 0.4) is 0 Å². The molecule has 1 saturated heterocycles. The molecule has 2 N–H and O–H groups in total. The van der Waals surface area contributed by atoms with Crippen molar-refractivity contribution in [2.45, 2.75) is 39.3 Å². The van der Waals surface area contributed by atoms with Crippen LogP contribution in [0.2, 0.25) is 0 Å². The topological polar surface area (TPSA) is 50.4 Å². The summed E-state index contributed by atoms with van der Waals surface area (Å²) in [6, 6.07) is 5.76. The zero-order valence-electron chi connectivity index (χ0n) is 11.3. The van der Waals surface area contributed by atoms with E-state index in [1.54, 1.807) is 0 Å². The van der Waals surface area contributed by atoms with Crippen LogP contribution in [0, 0.1) is 13.8 Å². The molecule has 0 aromatic heterocycles. The minimum Gasteiger partial charge on any atom is -0.461 e. The molecule has 0 radical (unpaired) electrons. The smallest absolute Gasteiger partial charge is 0.329 e. The lowest BCUT2D eigenvalue weighted by molar-refractivity contribution is -0.142. The highest BCUT2D eigenvalue weighted by Crippen LogP contribution is 2.17. The SMILES string of the molecule is Cc1ccc(C)c(NC(=S)N[C@H]2C[C@@H](C)OC2=O)c1. The summed E-state index contributed by atoms with van der Waals surface area (Å²) in [5, 5.41) is 6.57. The number of anilines is 1. The number of aryl methyl sites for hydroxylation is 2. The van der Waals surface area contributed by atoms with Gasteiger partial charge in [-0.25, -0.2) is 4.79 Å². The van der Waals surface area contributed by atoms with Crippen molar-refractivity contribution in [2.24, 2.45) is 0 Å². The quantitative estimate of drug-likeness (QED) is 0.642. The van der Waals surface area contributed by atoms with E-state index in [0.717, 1.165) is 16.8 Å². The maximum absolute atomic E-state index is 11.5. The van der Waals surface area contributed by atoms with E-state index in [1.807, 2.05) is 39.0 Å². The highest BCUT2D eigenvalue weighted by molar-refractivity contribution is 7.80. The summed E-state index contributed by atoms with van der Waals surface area (Å²) < 4.78 is 5.08. The summed E-state index contributed by atoms with van der Waals surface area (Å²) in [6.45, 7) is 5.91. The van der Waals surface area contributed by atoms with Crippen molar-refractivity contribution in [3.05, 3.63) is 29.3 Å². The second-order valence-electron chi connectivity index (χ2n) is 4.95. The molecule has 1 aliphatic heterocycles. The number of ether oxygens (including phenoxy) is 1. The Balaban J connectivity index is 1.98. The Labute approximate surface area is 118 Å². The maximum atomic E-state index is 11.5. The van der Waals surface area contributed by atoms with E-state index in [2.05, 4.69) is 10.6 Å². The number of benzene rings is 1. The maximum Gasteiger partial charge on any atom is 0.329 e. The summed E-state index contributed by atoms with van der Waals surface area (Å²) in [6.07, 6.45) is 0.599. The second-order valence-corrected chi connectivity index (χ2v) is 5.36. The summed E-state index contributed by atoms with van der Waals surface area (Å²) >= 11 is 5.24. The number of hydrogen-bond acceptors (Lipinski definition) is 3. The van der Waals surface area contributed by atoms with Crippen LogP contribution in [0.5, 0.6) is 0 Å². The third kappa shape index (κ3) is 3.44. The van der Waals surface area contributed by atoms with Gasteiger partial charge in [-0.3, -0.25) is 0 Å². The zero-order chi connectivity index (χ0) is 14.0. The molecule has 0 spiro atoms. The van der Waals surface area contributed by atoms with Gasteiger partial charge in [0.05, 0.1) is 0 Å². The molecule has 102 valence electrons. The Hall–Kier alpha value is -1.62. The van der Waals surface area contributed by atoms with Gasteiger partial charge in [0.2, 0.25) is 0 Å². The molecule has 1 aromatic carbocycles. The van der Waals surface area contributed by atoms with Gasteiger partial charge in [-0.1, -0.05) is 12.1 Å². The van der Waals surface area contributed by atoms with Crippen molar-refractivity contribution >= 4 is 29.0 Å². The molecule has 1 fully saturated rings. The van der Waals surface area contributed by atoms with Gasteiger partial charge in [-0.15, -0.1) is 0 Å². The van der Waals surface area contributed by atoms with Crippen LogP contribution in [-0.2, 0) is 9.53 Å². The average molecular weight is 278 g/mol. The molecule has 1 heterocycles. The van der Waals surface area contributed by atoms with Gasteiger partial charge in [-0.05, 0) is 50.2 Å². The van der Waals surface area contributed by atoms with Crippen LogP contribution < -0.4 is 10.6 Å². The van der Waals surface area contributed by atoms with Crippen LogP contribution in [0.1, 0.15) is 24.5 Å². The van der Waals surface area contributed by atoms with E-state index in [4.69, 9.17) is 17.0 Å². The molecular weight excluding hydrogens is 260 g/mol. The molecule has 0 aliphatic carbocycles. The van der Waals surface area contributed by atoms with Crippen LogP contribution >= 0.6 is 12.2 Å². The van der Waals surface area contributed by atoms with E-state index >= 15 is 0 Å². The van der Waals surface area contributed by atoms with Crippen LogP contribution in [0.15, 0.2) is 18.2 Å². The third-order valence-electron chi connectivity index (χ3n) is 3.12. The molecule has 5 heteroatoms. The van der Waals surface area contributed by atoms with Crippen molar-refractivity contribution < 1.29 is 9.53 Å². The molecule has 0 saturated carbocycles. The first kappa shape index (κ1) is 13.8. The molecule has 0 bridgehead atoms. The summed E-state index contributed by atoms with van der Waals surface area (Å²) in [5.41, 5.74) is 3.22. The highest BCUT2D eigenvalue weighted by Gasteiger charge is 2.32. The fraction of sp³-hybridized carbons (Fsp3) is 0.429. The molecule has 19 heavy (non-hydrogen) atoms. The standard InChI is InChI=1S/C14H18N2O2S/c1-8-4-5-9(2)11(6-8)15-14(19)16-12-7-10(3)18-13(12)17/h4-6,10,12H,7H2,1-3H3,(H2,15,16,19)/t10-,12+/m1/s1. The molecule has 2 rings (SSSR count). The van der Waals surface area contributed by atoms with Gasteiger partial charge in [0, 0.05) is 12.1 Å². The zero-order valence-corrected chi connectivity index (χ0v) is 12.1. The second kappa shape index (κ2) is 5.57. The number of carbonyl (C=O) groups excluding carboxylic acids is 1. The first-order valence-electron chi connectivity index (χ1n) is 6.31. The van der Waals surface area contributed by atoms with Crippen molar-refractivity contribution in [3.63, 3.8) is 0 Å². The third-order valence-corrected chi connectivity index (χ3v) is 3.34. The molecule has 0 unspecified atom stereocenters. The van der Waals surface area contributed by atoms with Gasteiger partial charge in [0.25, 0.3) is 0 Å². The van der Waals surface area contributed by atoms with Crippen molar-refractivity contribution in [1.82, 2.24) is 5.32 Å². The summed E-state index contributed by atoms with van der Waals surface area (Å²) in [5.74, 6) is -0.238. The lowest BCUT2D eigenvalue weighted by Gasteiger charge is -2.15. The Morgan fingerprint density at radius 2 is 2.16 bits per heavy atom. The van der Waals surface area contributed by atoms with E-state index < -0.39 is 0 Å². The predicted molar refractivity (Wildman–Crippen MR) is 79.2 cm³/mol. The molecule has 1 aliphatic rings. The number of cyclic esters (lactones) is 1. The van der Waals surface area contributed by atoms with Gasteiger partial charge < -0.3 is 15.4 Å². The molecule has 2 atom stereocenters. The predicted octanol–water partition coefficient (Wildman–Crippen LogP) is 2.29. The minimum atomic E-state index is -0.347. The van der Waals surface area contributed by atoms with E-state index in [-0.39, 0.29) is 18.1 Å². The minimum absolute atomic E-state index is 0.0477. The fourth-order valence-corrected chi connectivity index (χ4v) is 2.31. The fourth-order valence-electron chi connectivity index (χ4n) is 2.06. The van der Waals surface area contributed by atoms with Gasteiger partial charge >= 0.3 is 5.97 Å². The number of rotatable bonds is 2. The number of carbonyl (C=O) groups is 1. The monoisotopic (exact) mass is 278 g/mol. The lowest BCUT2D eigenvalue weighted by Crippen LogP contribution is -2.40. The van der Waals surface area contributed by atoms with Crippen molar-refractivity contribution in [3.8, 4) is 0 Å². The first-order chi connectivity index (χ1) is 8.95. The number of hydrogen-bond donors (Lipinski definition) is 2. The normalized spacial score (nSPS) is 21.9. The number of esters is 1. The van der Waals surface area contributed by atoms with E-state index in [1.165, 1.54) is 0 Å². The summed E-state index contributed by atoms with van der Waals surface area (Å²) in [7, 11) is 0. The Morgan fingerprint density at radius 3 is 2.79 bits per heavy atom. The van der Waals surface area contributed by atoms with Crippen molar-refractivity contribution in [2.75, 3.05) is 5.32 Å². The van der Waals surface area contributed by atoms with Crippen LogP contribution in [-0.4, -0.2) is 23.2 Å². The Bertz CT molecular complexity index is 516. The van der Waals surface area contributed by atoms with Crippen LogP contribution in [0.4, 0.5) is 5.69 Å². The first-order valence-corrected chi connectivity index (χ1v) is 6.72. The van der Waals surface area contributed by atoms with Gasteiger partial charge in [0.1, 0.15) is 12.1 Å². The molecular formula is C14H18N2O2S. The Morgan fingerprint density at radius 1 is 1.42 bits per heavy atom. The largest absolute Gasteiger partial charge is 0.461 e. The molecule has 0 amide bonds. The van der Waals surface area contributed by atoms with Gasteiger partial charge in [-0.2, -0.15) is 0 Å². The highest BCUT2D eigenvalue weighted by atomic mass is 32.1. The lowest BCUT2D eigenvalue weighted by atomic mass is 10.1. The van der Waals surface area contributed by atoms with Gasteiger partial charge in [0.15, 0.2) is 5.11 Å². The summed E-state index contributed by atoms with van der Waals surface area (Å²) in [4.78, 5) is 11.5. The average Bonchev–Trinajstić information content (AvgIpc) is 2.62. The van der Waals surface area contributed by atoms with Crippen molar-refractivity contribution in [1.29, 1.82) is 0 Å². The Kier molecular flexibility index (Phi) is 4.04. The van der Waals surface area contributed by atoms with Crippen LogP contribution in [0.25, 0.3) is 0 Å². The van der Waals surface area contributed by atoms with E-state index in [0.29, 0.717) is 11.5 Å².